The molecule has 7 heteroatoms. The van der Waals surface area contributed by atoms with Gasteiger partial charge in [0, 0.05) is 11.8 Å². The van der Waals surface area contributed by atoms with Crippen LogP contribution in [-0.2, 0) is 11.2 Å². The standard InChI is InChI=1S/C16H13F2NO4/c1-21-12-5-2-10(3-6-12)8-15(20)19-11-4-7-13-14(9-11)23-16(17,18)22-13/h2-7,9H,8H2,1H3,(H,19,20). The number of carbonyl (C=O) groups excluding carboxylic acids is 1. The first kappa shape index (κ1) is 15.1. The van der Waals surface area contributed by atoms with Crippen molar-refractivity contribution in [3.8, 4) is 17.2 Å². The number of halogens is 2. The topological polar surface area (TPSA) is 56.8 Å². The van der Waals surface area contributed by atoms with Crippen molar-refractivity contribution in [2.24, 2.45) is 0 Å². The number of ether oxygens (including phenoxy) is 3. The van der Waals surface area contributed by atoms with Gasteiger partial charge in [0.1, 0.15) is 5.75 Å². The number of fused-ring (bicyclic) bond motifs is 1. The van der Waals surface area contributed by atoms with Crippen LogP contribution in [-0.4, -0.2) is 19.3 Å². The highest BCUT2D eigenvalue weighted by Gasteiger charge is 2.43. The highest BCUT2D eigenvalue weighted by Crippen LogP contribution is 2.42. The first-order valence-electron chi connectivity index (χ1n) is 6.78. The third-order valence-corrected chi connectivity index (χ3v) is 3.21. The average Bonchev–Trinajstić information content (AvgIpc) is 2.81. The van der Waals surface area contributed by atoms with Crippen LogP contribution in [0.15, 0.2) is 42.5 Å². The smallest absolute Gasteiger partial charge is 0.497 e. The monoisotopic (exact) mass is 321 g/mol. The summed E-state index contributed by atoms with van der Waals surface area (Å²) in [6, 6.07) is 11.1. The largest absolute Gasteiger partial charge is 0.586 e. The third-order valence-electron chi connectivity index (χ3n) is 3.21. The van der Waals surface area contributed by atoms with E-state index in [0.717, 1.165) is 5.56 Å². The fraction of sp³-hybridized carbons (Fsp3) is 0.188. The molecule has 0 bridgehead atoms. The zero-order chi connectivity index (χ0) is 16.4. The van der Waals surface area contributed by atoms with Crippen molar-refractivity contribution in [2.45, 2.75) is 12.7 Å². The SMILES string of the molecule is COc1ccc(CC(=O)Nc2ccc3c(c2)OC(F)(F)O3)cc1. The quantitative estimate of drug-likeness (QED) is 0.939. The van der Waals surface area contributed by atoms with Gasteiger partial charge in [0.05, 0.1) is 13.5 Å². The number of nitrogens with one attached hydrogen (secondary N) is 1. The molecule has 2 aromatic carbocycles. The number of rotatable bonds is 4. The van der Waals surface area contributed by atoms with E-state index in [-0.39, 0.29) is 23.8 Å². The summed E-state index contributed by atoms with van der Waals surface area (Å²) in [5.41, 5.74) is 1.15. The van der Waals surface area contributed by atoms with E-state index in [1.54, 1.807) is 31.4 Å². The number of amides is 1. The fourth-order valence-electron chi connectivity index (χ4n) is 2.16. The minimum absolute atomic E-state index is 0.0665. The molecule has 120 valence electrons. The molecule has 5 nitrogen and oxygen atoms in total. The lowest BCUT2D eigenvalue weighted by molar-refractivity contribution is -0.286. The van der Waals surface area contributed by atoms with Crippen LogP contribution in [0.4, 0.5) is 14.5 Å². The maximum atomic E-state index is 12.9. The molecule has 1 heterocycles. The molecule has 1 aliphatic heterocycles. The Kier molecular flexibility index (Phi) is 3.77. The molecule has 0 atom stereocenters. The number of benzene rings is 2. The maximum Gasteiger partial charge on any atom is 0.586 e. The highest BCUT2D eigenvalue weighted by molar-refractivity contribution is 5.92. The minimum Gasteiger partial charge on any atom is -0.497 e. The zero-order valence-corrected chi connectivity index (χ0v) is 12.1. The van der Waals surface area contributed by atoms with Gasteiger partial charge in [-0.3, -0.25) is 4.79 Å². The lowest BCUT2D eigenvalue weighted by Crippen LogP contribution is -2.25. The Hall–Kier alpha value is -2.83. The minimum atomic E-state index is -3.67. The molecule has 3 rings (SSSR count). The number of methoxy groups -OCH3 is 1. The van der Waals surface area contributed by atoms with E-state index in [2.05, 4.69) is 14.8 Å². The van der Waals surface area contributed by atoms with Gasteiger partial charge in [-0.1, -0.05) is 12.1 Å². The maximum absolute atomic E-state index is 12.9. The molecule has 1 amide bonds. The molecule has 0 radical (unpaired) electrons. The second-order valence-corrected chi connectivity index (χ2v) is 4.90. The van der Waals surface area contributed by atoms with E-state index in [9.17, 15) is 13.6 Å². The molecule has 0 saturated heterocycles. The van der Waals surface area contributed by atoms with Crippen molar-refractivity contribution in [3.05, 3.63) is 48.0 Å². The van der Waals surface area contributed by atoms with Gasteiger partial charge < -0.3 is 19.5 Å². The lowest BCUT2D eigenvalue weighted by atomic mass is 10.1. The molecular weight excluding hydrogens is 308 g/mol. The second-order valence-electron chi connectivity index (χ2n) is 4.90. The van der Waals surface area contributed by atoms with Gasteiger partial charge in [-0.15, -0.1) is 8.78 Å². The number of hydrogen-bond donors (Lipinski definition) is 1. The van der Waals surface area contributed by atoms with Crippen molar-refractivity contribution in [3.63, 3.8) is 0 Å². The number of anilines is 1. The number of hydrogen-bond acceptors (Lipinski definition) is 4. The average molecular weight is 321 g/mol. The Morgan fingerprint density at radius 2 is 1.83 bits per heavy atom. The summed E-state index contributed by atoms with van der Waals surface area (Å²) in [6.45, 7) is 0. The van der Waals surface area contributed by atoms with Crippen LogP contribution in [0.3, 0.4) is 0 Å². The van der Waals surface area contributed by atoms with Crippen molar-refractivity contribution in [1.82, 2.24) is 0 Å². The van der Waals surface area contributed by atoms with Crippen LogP contribution >= 0.6 is 0 Å². The molecule has 2 aromatic rings. The van der Waals surface area contributed by atoms with E-state index in [1.807, 2.05) is 0 Å². The Balaban J connectivity index is 1.64. The van der Waals surface area contributed by atoms with Gasteiger partial charge in [-0.2, -0.15) is 0 Å². The molecule has 0 aromatic heterocycles. The first-order valence-corrected chi connectivity index (χ1v) is 6.78. The van der Waals surface area contributed by atoms with Gasteiger partial charge in [0.15, 0.2) is 11.5 Å². The predicted molar refractivity (Wildman–Crippen MR) is 78.0 cm³/mol. The Morgan fingerprint density at radius 1 is 1.13 bits per heavy atom. The zero-order valence-electron chi connectivity index (χ0n) is 12.1. The summed E-state index contributed by atoms with van der Waals surface area (Å²) in [6.07, 6.45) is -3.53. The van der Waals surface area contributed by atoms with Crippen molar-refractivity contribution in [1.29, 1.82) is 0 Å². The summed E-state index contributed by atoms with van der Waals surface area (Å²) < 4.78 is 39.5. The summed E-state index contributed by atoms with van der Waals surface area (Å²) in [5.74, 6) is 0.243. The van der Waals surface area contributed by atoms with E-state index >= 15 is 0 Å². The summed E-state index contributed by atoms with van der Waals surface area (Å²) in [4.78, 5) is 12.0. The molecule has 0 spiro atoms. The first-order chi connectivity index (χ1) is 10.9. The van der Waals surface area contributed by atoms with Crippen LogP contribution in [0.1, 0.15) is 5.56 Å². The predicted octanol–water partition coefficient (Wildman–Crippen LogP) is 3.20. The molecule has 0 aliphatic carbocycles. The molecule has 0 unspecified atom stereocenters. The van der Waals surface area contributed by atoms with Gasteiger partial charge in [0.2, 0.25) is 5.91 Å². The van der Waals surface area contributed by atoms with Crippen LogP contribution in [0, 0.1) is 0 Å². The molecule has 1 aliphatic rings. The third kappa shape index (κ3) is 3.50. The number of alkyl halides is 2. The number of carbonyl (C=O) groups is 1. The van der Waals surface area contributed by atoms with Crippen LogP contribution < -0.4 is 19.5 Å². The van der Waals surface area contributed by atoms with Gasteiger partial charge in [0.25, 0.3) is 0 Å². The molecule has 0 saturated carbocycles. The molecule has 1 N–H and O–H groups in total. The Morgan fingerprint density at radius 3 is 2.52 bits per heavy atom. The summed E-state index contributed by atoms with van der Waals surface area (Å²) >= 11 is 0. The van der Waals surface area contributed by atoms with Crippen LogP contribution in [0.2, 0.25) is 0 Å². The van der Waals surface area contributed by atoms with E-state index in [0.29, 0.717) is 11.4 Å². The lowest BCUT2D eigenvalue weighted by Gasteiger charge is -2.07. The molecule has 0 fully saturated rings. The summed E-state index contributed by atoms with van der Waals surface area (Å²) in [7, 11) is 1.56. The summed E-state index contributed by atoms with van der Waals surface area (Å²) in [5, 5.41) is 2.63. The van der Waals surface area contributed by atoms with Crippen molar-refractivity contribution >= 4 is 11.6 Å². The van der Waals surface area contributed by atoms with Gasteiger partial charge in [-0.25, -0.2) is 0 Å². The Bertz CT molecular complexity index is 731. The Labute approximate surface area is 130 Å². The normalized spacial score (nSPS) is 14.4. The van der Waals surface area contributed by atoms with Gasteiger partial charge >= 0.3 is 6.29 Å². The highest BCUT2D eigenvalue weighted by atomic mass is 19.3. The van der Waals surface area contributed by atoms with Crippen molar-refractivity contribution in [2.75, 3.05) is 12.4 Å². The van der Waals surface area contributed by atoms with E-state index < -0.39 is 6.29 Å². The van der Waals surface area contributed by atoms with Crippen LogP contribution in [0.5, 0.6) is 17.2 Å². The molecular formula is C16H13F2NO4. The van der Waals surface area contributed by atoms with Gasteiger partial charge in [-0.05, 0) is 29.8 Å². The van der Waals surface area contributed by atoms with Crippen molar-refractivity contribution < 1.29 is 27.8 Å². The van der Waals surface area contributed by atoms with E-state index in [4.69, 9.17) is 4.74 Å². The van der Waals surface area contributed by atoms with E-state index in [1.165, 1.54) is 18.2 Å². The molecule has 23 heavy (non-hydrogen) atoms. The fourth-order valence-corrected chi connectivity index (χ4v) is 2.16. The van der Waals surface area contributed by atoms with Crippen LogP contribution in [0.25, 0.3) is 0 Å². The second kappa shape index (κ2) is 5.75.